The van der Waals surface area contributed by atoms with Crippen molar-refractivity contribution < 1.29 is 28.5 Å². The highest BCUT2D eigenvalue weighted by atomic mass is 35.5. The third kappa shape index (κ3) is 4.13. The van der Waals surface area contributed by atoms with E-state index in [-0.39, 0.29) is 29.9 Å². The van der Waals surface area contributed by atoms with Gasteiger partial charge in [0, 0.05) is 27.8 Å². The molecular weight excluding hydrogens is 469 g/mol. The van der Waals surface area contributed by atoms with Crippen LogP contribution >= 0.6 is 11.6 Å². The lowest BCUT2D eigenvalue weighted by Gasteiger charge is -2.29. The molecule has 1 atom stereocenters. The van der Waals surface area contributed by atoms with Crippen molar-refractivity contribution in [1.82, 2.24) is 9.78 Å². The molecule has 0 bridgehead atoms. The first kappa shape index (κ1) is 24.7. The lowest BCUT2D eigenvalue weighted by atomic mass is 9.86. The first-order chi connectivity index (χ1) is 15.9. The number of aryl methyl sites for hydroxylation is 1. The maximum absolute atomic E-state index is 14.4. The Hall–Kier alpha value is -2.39. The van der Waals surface area contributed by atoms with Gasteiger partial charge >= 0.3 is 6.18 Å². The number of alkyl halides is 4. The Labute approximate surface area is 200 Å². The Bertz CT molecular complexity index is 1200. The van der Waals surface area contributed by atoms with Crippen LogP contribution in [0.3, 0.4) is 0 Å². The molecule has 4 rings (SSSR count). The second-order valence-electron chi connectivity index (χ2n) is 9.27. The van der Waals surface area contributed by atoms with Crippen LogP contribution in [0.4, 0.5) is 13.2 Å². The van der Waals surface area contributed by atoms with Gasteiger partial charge in [0.05, 0.1) is 25.5 Å². The van der Waals surface area contributed by atoms with Crippen molar-refractivity contribution in [2.24, 2.45) is 0 Å². The molecule has 3 N–H and O–H groups in total. The molecule has 0 aliphatic heterocycles. The minimum Gasteiger partial charge on any atom is -0.394 e. The molecule has 1 aromatic heterocycles. The van der Waals surface area contributed by atoms with Crippen LogP contribution in [0.15, 0.2) is 48.8 Å². The fourth-order valence-corrected chi connectivity index (χ4v) is 4.55. The third-order valence-electron chi connectivity index (χ3n) is 6.30. The molecule has 2 aromatic carbocycles. The van der Waals surface area contributed by atoms with Gasteiger partial charge in [-0.1, -0.05) is 36.4 Å². The molecule has 0 radical (unpaired) electrons. The lowest BCUT2D eigenvalue weighted by molar-refractivity contribution is -0.246. The molecule has 0 saturated heterocycles. The van der Waals surface area contributed by atoms with Gasteiger partial charge in [-0.25, -0.2) is 0 Å². The van der Waals surface area contributed by atoms with Crippen LogP contribution < -0.4 is 0 Å². The minimum atomic E-state index is -4.95. The summed E-state index contributed by atoms with van der Waals surface area (Å²) in [5, 5.41) is 34.4. The van der Waals surface area contributed by atoms with Gasteiger partial charge in [-0.15, -0.1) is 11.6 Å². The summed E-state index contributed by atoms with van der Waals surface area (Å²) < 4.78 is 44.6. The maximum atomic E-state index is 14.4. The Morgan fingerprint density at radius 3 is 2.35 bits per heavy atom. The molecular formula is C25H26ClF3N2O3. The van der Waals surface area contributed by atoms with E-state index in [2.05, 4.69) is 5.10 Å². The molecule has 0 fully saturated rings. The highest BCUT2D eigenvalue weighted by molar-refractivity contribution is 6.23. The number of hydrogen-bond donors (Lipinski definition) is 3. The number of fused-ring (bicyclic) bond motifs is 3. The predicted octanol–water partition coefficient (Wildman–Crippen LogP) is 4.80. The zero-order valence-corrected chi connectivity index (χ0v) is 19.5. The summed E-state index contributed by atoms with van der Waals surface area (Å²) in [7, 11) is 0. The van der Waals surface area contributed by atoms with Crippen LogP contribution in [-0.2, 0) is 12.0 Å². The molecule has 5 nitrogen and oxygen atoms in total. The first-order valence-electron chi connectivity index (χ1n) is 10.9. The van der Waals surface area contributed by atoms with Gasteiger partial charge in [-0.2, -0.15) is 18.3 Å². The quantitative estimate of drug-likeness (QED) is 0.412. The first-order valence-corrected chi connectivity index (χ1v) is 11.3. The van der Waals surface area contributed by atoms with E-state index in [4.69, 9.17) is 11.6 Å². The average molecular weight is 495 g/mol. The highest BCUT2D eigenvalue weighted by Gasteiger charge is 2.61. The zero-order valence-electron chi connectivity index (χ0n) is 18.8. The van der Waals surface area contributed by atoms with Gasteiger partial charge in [0.1, 0.15) is 0 Å². The number of rotatable bonds is 7. The SMILES string of the molecule is CC(C)(Cl)CCc1cc(-c2cnn(C(CO)CO)c2)c2c(c1)C(O)(C(F)(F)F)c1ccccc1-2. The van der Waals surface area contributed by atoms with Crippen molar-refractivity contribution in [3.05, 3.63) is 65.5 Å². The lowest BCUT2D eigenvalue weighted by Crippen LogP contribution is -2.41. The number of aliphatic hydroxyl groups excluding tert-OH is 2. The number of aliphatic hydroxyl groups is 3. The van der Waals surface area contributed by atoms with E-state index in [1.165, 1.54) is 29.1 Å². The predicted molar refractivity (Wildman–Crippen MR) is 124 cm³/mol. The summed E-state index contributed by atoms with van der Waals surface area (Å²) >= 11 is 6.34. The molecule has 0 amide bonds. The van der Waals surface area contributed by atoms with Gasteiger partial charge in [-0.05, 0) is 48.9 Å². The molecule has 34 heavy (non-hydrogen) atoms. The normalized spacial score (nSPS) is 17.8. The topological polar surface area (TPSA) is 78.5 Å². The monoisotopic (exact) mass is 494 g/mol. The van der Waals surface area contributed by atoms with E-state index < -0.39 is 22.7 Å². The Morgan fingerprint density at radius 2 is 1.74 bits per heavy atom. The number of halogens is 4. The molecule has 0 spiro atoms. The van der Waals surface area contributed by atoms with Crippen molar-refractivity contribution in [2.45, 2.75) is 49.4 Å². The molecule has 1 aliphatic rings. The van der Waals surface area contributed by atoms with Crippen molar-refractivity contribution >= 4 is 11.6 Å². The second kappa shape index (κ2) is 8.68. The molecule has 9 heteroatoms. The summed E-state index contributed by atoms with van der Waals surface area (Å²) in [6, 6.07) is 8.51. The maximum Gasteiger partial charge on any atom is 0.425 e. The smallest absolute Gasteiger partial charge is 0.394 e. The molecule has 3 aromatic rings. The van der Waals surface area contributed by atoms with E-state index in [1.54, 1.807) is 24.4 Å². The molecule has 182 valence electrons. The summed E-state index contributed by atoms with van der Waals surface area (Å²) in [6.07, 6.45) is -0.961. The summed E-state index contributed by atoms with van der Waals surface area (Å²) in [5.41, 5.74) is -1.43. The fourth-order valence-electron chi connectivity index (χ4n) is 4.46. The third-order valence-corrected chi connectivity index (χ3v) is 6.49. The summed E-state index contributed by atoms with van der Waals surface area (Å²) in [4.78, 5) is -0.553. The van der Waals surface area contributed by atoms with Gasteiger partial charge in [0.15, 0.2) is 0 Å². The zero-order chi connectivity index (χ0) is 24.9. The van der Waals surface area contributed by atoms with Crippen LogP contribution in [0, 0.1) is 0 Å². The van der Waals surface area contributed by atoms with Gasteiger partial charge in [0.25, 0.3) is 0 Å². The molecule has 1 heterocycles. The van der Waals surface area contributed by atoms with E-state index >= 15 is 0 Å². The van der Waals surface area contributed by atoms with Gasteiger partial charge in [0.2, 0.25) is 5.60 Å². The van der Waals surface area contributed by atoms with E-state index in [0.717, 1.165) is 0 Å². The van der Waals surface area contributed by atoms with E-state index in [9.17, 15) is 28.5 Å². The van der Waals surface area contributed by atoms with Crippen molar-refractivity contribution in [2.75, 3.05) is 13.2 Å². The second-order valence-corrected chi connectivity index (χ2v) is 10.3. The van der Waals surface area contributed by atoms with Crippen LogP contribution in [-0.4, -0.2) is 49.4 Å². The van der Waals surface area contributed by atoms with Crippen molar-refractivity contribution in [1.29, 1.82) is 0 Å². The van der Waals surface area contributed by atoms with Gasteiger partial charge < -0.3 is 15.3 Å². The van der Waals surface area contributed by atoms with Crippen molar-refractivity contribution in [3.8, 4) is 22.3 Å². The Kier molecular flexibility index (Phi) is 6.31. The van der Waals surface area contributed by atoms with E-state index in [1.807, 2.05) is 13.8 Å². The summed E-state index contributed by atoms with van der Waals surface area (Å²) in [6.45, 7) is 2.96. The molecule has 1 aliphatic carbocycles. The van der Waals surface area contributed by atoms with Crippen LogP contribution in [0.1, 0.15) is 43.0 Å². The number of aromatic nitrogens is 2. The number of nitrogens with zero attached hydrogens (tertiary/aromatic N) is 2. The van der Waals surface area contributed by atoms with Crippen molar-refractivity contribution in [3.63, 3.8) is 0 Å². The number of hydrogen-bond acceptors (Lipinski definition) is 4. The standard InChI is InChI=1S/C25H26ClF3N2O3/c1-23(2,26)8-7-15-9-19(16-11-30-31(12-16)17(13-32)14-33)22-18-5-3-4-6-20(18)24(34,21(22)10-15)25(27,28)29/h3-6,9-12,17,32-34H,7-8,13-14H2,1-2H3. The largest absolute Gasteiger partial charge is 0.425 e. The molecule has 0 saturated carbocycles. The van der Waals surface area contributed by atoms with Crippen LogP contribution in [0.25, 0.3) is 22.3 Å². The Morgan fingerprint density at radius 1 is 1.06 bits per heavy atom. The summed E-state index contributed by atoms with van der Waals surface area (Å²) in [5.74, 6) is 0. The Balaban J connectivity index is 1.98. The average Bonchev–Trinajstić information content (AvgIpc) is 3.35. The fraction of sp³-hybridized carbons (Fsp3) is 0.400. The van der Waals surface area contributed by atoms with Crippen LogP contribution in [0.5, 0.6) is 0 Å². The molecule has 1 unspecified atom stereocenters. The number of benzene rings is 2. The van der Waals surface area contributed by atoms with Crippen LogP contribution in [0.2, 0.25) is 0 Å². The van der Waals surface area contributed by atoms with Gasteiger partial charge in [-0.3, -0.25) is 4.68 Å². The van der Waals surface area contributed by atoms with E-state index in [0.29, 0.717) is 35.1 Å². The minimum absolute atomic E-state index is 0.218. The highest BCUT2D eigenvalue weighted by Crippen LogP contribution is 2.57.